The van der Waals surface area contributed by atoms with Crippen LogP contribution in [0.15, 0.2) is 109 Å². The predicted octanol–water partition coefficient (Wildman–Crippen LogP) is 24.2. The van der Waals surface area contributed by atoms with Gasteiger partial charge in [-0.1, -0.05) is 342 Å². The molecule has 0 aliphatic heterocycles. The van der Waals surface area contributed by atoms with Gasteiger partial charge in [0.15, 0.2) is 6.10 Å². The highest BCUT2D eigenvalue weighted by molar-refractivity contribution is 5.71. The van der Waals surface area contributed by atoms with Crippen LogP contribution in [0.4, 0.5) is 0 Å². The molecular formula is C76H130O6. The molecule has 0 saturated carbocycles. The Kier molecular flexibility index (Phi) is 66.2. The fourth-order valence-corrected chi connectivity index (χ4v) is 9.86. The Labute approximate surface area is 508 Å². The van der Waals surface area contributed by atoms with Crippen molar-refractivity contribution in [1.29, 1.82) is 0 Å². The molecule has 82 heavy (non-hydrogen) atoms. The first-order valence-corrected chi connectivity index (χ1v) is 34.9. The van der Waals surface area contributed by atoms with E-state index in [0.29, 0.717) is 19.3 Å². The van der Waals surface area contributed by atoms with Crippen LogP contribution in [0.3, 0.4) is 0 Å². The Morgan fingerprint density at radius 1 is 0.256 bits per heavy atom. The molecule has 0 fully saturated rings. The van der Waals surface area contributed by atoms with Crippen LogP contribution in [0.5, 0.6) is 0 Å². The van der Waals surface area contributed by atoms with Crippen LogP contribution in [-0.2, 0) is 28.6 Å². The largest absolute Gasteiger partial charge is 0.462 e. The molecule has 470 valence electrons. The molecule has 0 aromatic heterocycles. The summed E-state index contributed by atoms with van der Waals surface area (Å²) >= 11 is 0. The van der Waals surface area contributed by atoms with Crippen molar-refractivity contribution in [2.45, 2.75) is 341 Å². The molecule has 6 nitrogen and oxygen atoms in total. The summed E-state index contributed by atoms with van der Waals surface area (Å²) in [5.41, 5.74) is 0. The third kappa shape index (κ3) is 66.9. The number of allylic oxidation sites excluding steroid dienone is 18. The van der Waals surface area contributed by atoms with Crippen LogP contribution in [0.1, 0.15) is 335 Å². The van der Waals surface area contributed by atoms with Gasteiger partial charge < -0.3 is 14.2 Å². The fourth-order valence-electron chi connectivity index (χ4n) is 9.86. The second-order valence-corrected chi connectivity index (χ2v) is 23.1. The Morgan fingerprint density at radius 2 is 0.476 bits per heavy atom. The third-order valence-electron chi connectivity index (χ3n) is 15.0. The highest BCUT2D eigenvalue weighted by atomic mass is 16.6. The average molecular weight is 1140 g/mol. The summed E-state index contributed by atoms with van der Waals surface area (Å²) in [4.78, 5) is 38.3. The zero-order valence-electron chi connectivity index (χ0n) is 54.0. The zero-order valence-corrected chi connectivity index (χ0v) is 54.0. The van der Waals surface area contributed by atoms with Crippen molar-refractivity contribution in [2.75, 3.05) is 13.2 Å². The number of unbranched alkanes of at least 4 members (excludes halogenated alkanes) is 34. The van der Waals surface area contributed by atoms with E-state index in [2.05, 4.69) is 130 Å². The summed E-state index contributed by atoms with van der Waals surface area (Å²) in [7, 11) is 0. The molecule has 1 unspecified atom stereocenters. The topological polar surface area (TPSA) is 78.9 Å². The molecule has 0 aromatic rings. The van der Waals surface area contributed by atoms with Gasteiger partial charge in [0.1, 0.15) is 13.2 Å². The van der Waals surface area contributed by atoms with Gasteiger partial charge in [-0.25, -0.2) is 0 Å². The molecule has 0 aromatic carbocycles. The van der Waals surface area contributed by atoms with Gasteiger partial charge in [0.25, 0.3) is 0 Å². The molecule has 6 heteroatoms. The van der Waals surface area contributed by atoms with Crippen LogP contribution in [0, 0.1) is 0 Å². The standard InChI is InChI=1S/C76H130O6/c1-4-7-10-13-16-19-22-24-26-28-30-32-34-36-37-38-39-41-42-44-46-48-50-52-54-57-60-63-66-69-75(78)81-72-73(71-80-74(77)68-65-62-59-56-21-18-15-12-9-6-3)82-76(79)70-67-64-61-58-55-53-51-49-47-45-43-40-35-33-31-29-27-25-23-20-17-14-11-8-5-2/h7,10,16,19,24,26,30,32,36-37,39,41,44,46,50,52,57,60,73H,4-6,8-9,11-15,17-18,20-23,25,27-29,31,33-35,38,40,42-43,45,47-49,51,53-56,58-59,61-72H2,1-3H3/b10-7-,19-16-,26-24-,32-30-,37-36-,41-39-,46-44-,52-50-,60-57-. The first kappa shape index (κ1) is 78.1. The van der Waals surface area contributed by atoms with E-state index in [4.69, 9.17) is 14.2 Å². The average Bonchev–Trinajstić information content (AvgIpc) is 3.48. The minimum absolute atomic E-state index is 0.0926. The summed E-state index contributed by atoms with van der Waals surface area (Å²) < 4.78 is 16.9. The van der Waals surface area contributed by atoms with Crippen LogP contribution in [0.25, 0.3) is 0 Å². The van der Waals surface area contributed by atoms with Gasteiger partial charge in [0.05, 0.1) is 0 Å². The van der Waals surface area contributed by atoms with Gasteiger partial charge in [0, 0.05) is 19.3 Å². The molecule has 1 atom stereocenters. The van der Waals surface area contributed by atoms with E-state index in [1.807, 2.05) is 0 Å². The summed E-state index contributed by atoms with van der Waals surface area (Å²) in [6.45, 7) is 6.50. The first-order valence-electron chi connectivity index (χ1n) is 34.9. The minimum Gasteiger partial charge on any atom is -0.462 e. The van der Waals surface area contributed by atoms with Crippen molar-refractivity contribution >= 4 is 17.9 Å². The fraction of sp³-hybridized carbons (Fsp3) is 0.724. The maximum absolute atomic E-state index is 12.9. The number of hydrogen-bond acceptors (Lipinski definition) is 6. The number of hydrogen-bond donors (Lipinski definition) is 0. The van der Waals surface area contributed by atoms with Crippen molar-refractivity contribution in [1.82, 2.24) is 0 Å². The molecule has 0 spiro atoms. The van der Waals surface area contributed by atoms with Crippen LogP contribution >= 0.6 is 0 Å². The van der Waals surface area contributed by atoms with Crippen molar-refractivity contribution in [3.63, 3.8) is 0 Å². The molecule has 0 amide bonds. The van der Waals surface area contributed by atoms with E-state index in [0.717, 1.165) is 103 Å². The lowest BCUT2D eigenvalue weighted by molar-refractivity contribution is -0.167. The van der Waals surface area contributed by atoms with Gasteiger partial charge in [-0.15, -0.1) is 0 Å². The summed E-state index contributed by atoms with van der Waals surface area (Å²) in [5.74, 6) is -0.943. The zero-order chi connectivity index (χ0) is 59.2. The lowest BCUT2D eigenvalue weighted by Gasteiger charge is -2.18. The number of carbonyl (C=O) groups is 3. The van der Waals surface area contributed by atoms with Crippen molar-refractivity contribution < 1.29 is 28.6 Å². The number of carbonyl (C=O) groups excluding carboxylic acids is 3. The van der Waals surface area contributed by atoms with Crippen LogP contribution < -0.4 is 0 Å². The third-order valence-corrected chi connectivity index (χ3v) is 15.0. The molecule has 0 N–H and O–H groups in total. The second kappa shape index (κ2) is 69.6. The van der Waals surface area contributed by atoms with Gasteiger partial charge >= 0.3 is 17.9 Å². The van der Waals surface area contributed by atoms with Crippen LogP contribution in [0.2, 0.25) is 0 Å². The van der Waals surface area contributed by atoms with Gasteiger partial charge in [-0.3, -0.25) is 14.4 Å². The Balaban J connectivity index is 4.31. The Morgan fingerprint density at radius 3 is 0.744 bits per heavy atom. The van der Waals surface area contributed by atoms with E-state index in [1.165, 1.54) is 186 Å². The quantitative estimate of drug-likeness (QED) is 0.0261. The van der Waals surface area contributed by atoms with E-state index < -0.39 is 6.10 Å². The second-order valence-electron chi connectivity index (χ2n) is 23.1. The van der Waals surface area contributed by atoms with Crippen molar-refractivity contribution in [3.8, 4) is 0 Å². The molecule has 0 heterocycles. The minimum atomic E-state index is -0.800. The van der Waals surface area contributed by atoms with Crippen molar-refractivity contribution in [3.05, 3.63) is 109 Å². The van der Waals surface area contributed by atoms with E-state index >= 15 is 0 Å². The summed E-state index contributed by atoms with van der Waals surface area (Å²) in [6, 6.07) is 0. The summed E-state index contributed by atoms with van der Waals surface area (Å²) in [5, 5.41) is 0. The van der Waals surface area contributed by atoms with Gasteiger partial charge in [0.2, 0.25) is 0 Å². The van der Waals surface area contributed by atoms with Gasteiger partial charge in [-0.05, 0) is 83.5 Å². The maximum Gasteiger partial charge on any atom is 0.306 e. The molecule has 0 rings (SSSR count). The highest BCUT2D eigenvalue weighted by Crippen LogP contribution is 2.18. The van der Waals surface area contributed by atoms with Gasteiger partial charge in [-0.2, -0.15) is 0 Å². The molecule has 0 radical (unpaired) electrons. The Bertz CT molecular complexity index is 1640. The predicted molar refractivity (Wildman–Crippen MR) is 357 cm³/mol. The van der Waals surface area contributed by atoms with E-state index in [-0.39, 0.29) is 37.5 Å². The highest BCUT2D eigenvalue weighted by Gasteiger charge is 2.19. The lowest BCUT2D eigenvalue weighted by Crippen LogP contribution is -2.30. The Hall–Kier alpha value is -3.93. The monoisotopic (exact) mass is 1140 g/mol. The first-order chi connectivity index (χ1) is 40.5. The smallest absolute Gasteiger partial charge is 0.306 e. The van der Waals surface area contributed by atoms with E-state index in [1.54, 1.807) is 0 Å². The maximum atomic E-state index is 12.9. The molecule has 0 aliphatic carbocycles. The van der Waals surface area contributed by atoms with Crippen molar-refractivity contribution in [2.24, 2.45) is 0 Å². The number of rotatable bonds is 63. The van der Waals surface area contributed by atoms with E-state index in [9.17, 15) is 14.4 Å². The molecule has 0 saturated heterocycles. The summed E-state index contributed by atoms with van der Waals surface area (Å²) in [6.07, 6.45) is 95.6. The van der Waals surface area contributed by atoms with Crippen LogP contribution in [-0.4, -0.2) is 37.2 Å². The molecular weight excluding hydrogens is 1010 g/mol. The number of esters is 3. The molecule has 0 aliphatic rings. The SMILES string of the molecule is CC/C=C\C/C=C\C/C=C\C/C=C\C/C=C\C/C=C\C/C=C\C/C=C\C/C=C\CCCC(=O)OCC(COC(=O)CCCCCCCCCCCC)OC(=O)CCCCCCCCCCCCCCCCCCCCCCCCCCC. The normalized spacial score (nSPS) is 12.8. The number of ether oxygens (including phenoxy) is 3. The molecule has 0 bridgehead atoms. The lowest BCUT2D eigenvalue weighted by atomic mass is 10.0.